The van der Waals surface area contributed by atoms with Crippen molar-refractivity contribution in [3.8, 4) is 0 Å². The second-order valence-corrected chi connectivity index (χ2v) is 4.75. The molecular formula is C14H17N3. The van der Waals surface area contributed by atoms with E-state index in [0.29, 0.717) is 6.04 Å². The Labute approximate surface area is 101 Å². The number of nitrogens with zero attached hydrogens (tertiary/aromatic N) is 2. The lowest BCUT2D eigenvalue weighted by molar-refractivity contribution is 0.528. The van der Waals surface area contributed by atoms with Gasteiger partial charge in [0.1, 0.15) is 0 Å². The highest BCUT2D eigenvalue weighted by Crippen LogP contribution is 2.30. The van der Waals surface area contributed by atoms with E-state index in [4.69, 9.17) is 0 Å². The molecule has 1 aliphatic heterocycles. The number of anilines is 1. The summed E-state index contributed by atoms with van der Waals surface area (Å²) in [7, 11) is 0. The molecule has 0 fully saturated rings. The van der Waals surface area contributed by atoms with Crippen LogP contribution in [0.25, 0.3) is 0 Å². The molecule has 88 valence electrons. The van der Waals surface area contributed by atoms with E-state index in [2.05, 4.69) is 53.1 Å². The molecule has 1 unspecified atom stereocenters. The van der Waals surface area contributed by atoms with Gasteiger partial charge in [0.05, 0.1) is 6.04 Å². The van der Waals surface area contributed by atoms with E-state index in [1.807, 2.05) is 6.20 Å². The number of fused-ring (bicyclic) bond motifs is 1. The first-order valence-electron chi connectivity index (χ1n) is 6.09. The van der Waals surface area contributed by atoms with Gasteiger partial charge in [-0.25, -0.2) is 4.98 Å². The van der Waals surface area contributed by atoms with Crippen LogP contribution in [0.1, 0.15) is 29.2 Å². The van der Waals surface area contributed by atoms with Crippen LogP contribution in [0.2, 0.25) is 0 Å². The first-order chi connectivity index (χ1) is 8.25. The van der Waals surface area contributed by atoms with Crippen molar-refractivity contribution < 1.29 is 0 Å². The van der Waals surface area contributed by atoms with E-state index in [0.717, 1.165) is 18.9 Å². The molecule has 0 radical (unpaired) electrons. The predicted octanol–water partition coefficient (Wildman–Crippen LogP) is 2.90. The van der Waals surface area contributed by atoms with Crippen LogP contribution in [0, 0.1) is 13.8 Å². The Morgan fingerprint density at radius 1 is 1.35 bits per heavy atom. The van der Waals surface area contributed by atoms with Gasteiger partial charge in [0.15, 0.2) is 0 Å². The topological polar surface area (TPSA) is 29.9 Å². The van der Waals surface area contributed by atoms with Crippen molar-refractivity contribution in [1.82, 2.24) is 9.55 Å². The molecule has 1 aromatic heterocycles. The van der Waals surface area contributed by atoms with Gasteiger partial charge in [-0.1, -0.05) is 23.8 Å². The van der Waals surface area contributed by atoms with Gasteiger partial charge in [0, 0.05) is 18.9 Å². The van der Waals surface area contributed by atoms with Crippen molar-refractivity contribution in [1.29, 1.82) is 0 Å². The summed E-state index contributed by atoms with van der Waals surface area (Å²) in [6.45, 7) is 5.33. The van der Waals surface area contributed by atoms with Crippen molar-refractivity contribution in [2.45, 2.75) is 26.3 Å². The Hall–Kier alpha value is -1.77. The van der Waals surface area contributed by atoms with E-state index >= 15 is 0 Å². The molecule has 17 heavy (non-hydrogen) atoms. The molecule has 3 rings (SSSR count). The molecule has 1 aromatic carbocycles. The molecule has 0 amide bonds. The number of hydrogen-bond acceptors (Lipinski definition) is 2. The summed E-state index contributed by atoms with van der Waals surface area (Å²) in [4.78, 5) is 4.33. The van der Waals surface area contributed by atoms with E-state index in [1.54, 1.807) is 0 Å². The summed E-state index contributed by atoms with van der Waals surface area (Å²) in [5.41, 5.74) is 4.11. The number of aromatic nitrogens is 2. The van der Waals surface area contributed by atoms with Crippen molar-refractivity contribution in [3.63, 3.8) is 0 Å². The standard InChI is InChI=1S/C14H17N3/c1-10-3-4-12(11(2)9-10)13-5-6-15-14-16-7-8-17(13)14/h3-4,7-9,13H,5-6H2,1-2H3,(H,15,16). The van der Waals surface area contributed by atoms with Gasteiger partial charge in [-0.05, 0) is 31.4 Å². The van der Waals surface area contributed by atoms with Crippen molar-refractivity contribution >= 4 is 5.95 Å². The molecule has 3 nitrogen and oxygen atoms in total. The predicted molar refractivity (Wildman–Crippen MR) is 69.4 cm³/mol. The first-order valence-corrected chi connectivity index (χ1v) is 6.09. The summed E-state index contributed by atoms with van der Waals surface area (Å²) in [6.07, 6.45) is 5.04. The monoisotopic (exact) mass is 227 g/mol. The average Bonchev–Trinajstić information content (AvgIpc) is 2.77. The van der Waals surface area contributed by atoms with Crippen molar-refractivity contribution in [3.05, 3.63) is 47.3 Å². The lowest BCUT2D eigenvalue weighted by Crippen LogP contribution is -2.23. The third kappa shape index (κ3) is 1.71. The van der Waals surface area contributed by atoms with Crippen LogP contribution in [0.4, 0.5) is 5.95 Å². The van der Waals surface area contributed by atoms with Gasteiger partial charge in [-0.15, -0.1) is 0 Å². The molecule has 0 saturated heterocycles. The quantitative estimate of drug-likeness (QED) is 0.811. The second kappa shape index (κ2) is 3.91. The minimum atomic E-state index is 0.425. The highest BCUT2D eigenvalue weighted by atomic mass is 15.2. The maximum Gasteiger partial charge on any atom is 0.203 e. The van der Waals surface area contributed by atoms with Crippen LogP contribution in [0.5, 0.6) is 0 Å². The molecule has 0 spiro atoms. The molecular weight excluding hydrogens is 210 g/mol. The maximum atomic E-state index is 4.33. The highest BCUT2D eigenvalue weighted by molar-refractivity contribution is 5.38. The minimum Gasteiger partial charge on any atom is -0.356 e. The largest absolute Gasteiger partial charge is 0.356 e. The third-order valence-corrected chi connectivity index (χ3v) is 3.49. The highest BCUT2D eigenvalue weighted by Gasteiger charge is 2.21. The molecule has 0 aliphatic carbocycles. The molecule has 2 heterocycles. The molecule has 1 N–H and O–H groups in total. The van der Waals surface area contributed by atoms with Crippen molar-refractivity contribution in [2.75, 3.05) is 11.9 Å². The zero-order chi connectivity index (χ0) is 11.8. The average molecular weight is 227 g/mol. The van der Waals surface area contributed by atoms with Crippen LogP contribution < -0.4 is 5.32 Å². The van der Waals surface area contributed by atoms with Gasteiger partial charge >= 0.3 is 0 Å². The number of aryl methyl sites for hydroxylation is 2. The molecule has 2 aromatic rings. The summed E-state index contributed by atoms with van der Waals surface area (Å²) < 4.78 is 2.24. The Morgan fingerprint density at radius 3 is 3.06 bits per heavy atom. The Bertz CT molecular complexity index is 542. The first kappa shape index (κ1) is 10.4. The van der Waals surface area contributed by atoms with E-state index in [-0.39, 0.29) is 0 Å². The number of benzene rings is 1. The molecule has 3 heteroatoms. The normalized spacial score (nSPS) is 18.6. The Morgan fingerprint density at radius 2 is 2.24 bits per heavy atom. The van der Waals surface area contributed by atoms with Gasteiger partial charge in [-0.2, -0.15) is 0 Å². The van der Waals surface area contributed by atoms with Crippen LogP contribution >= 0.6 is 0 Å². The lowest BCUT2D eigenvalue weighted by atomic mass is 9.96. The Kier molecular flexibility index (Phi) is 2.39. The maximum absolute atomic E-state index is 4.33. The van der Waals surface area contributed by atoms with Crippen molar-refractivity contribution in [2.24, 2.45) is 0 Å². The van der Waals surface area contributed by atoms with Crippen LogP contribution in [-0.4, -0.2) is 16.1 Å². The van der Waals surface area contributed by atoms with E-state index in [1.165, 1.54) is 16.7 Å². The third-order valence-electron chi connectivity index (χ3n) is 3.49. The Balaban J connectivity index is 2.06. The van der Waals surface area contributed by atoms with Gasteiger partial charge in [-0.3, -0.25) is 0 Å². The summed E-state index contributed by atoms with van der Waals surface area (Å²) in [5, 5.41) is 3.33. The number of rotatable bonds is 1. The molecule has 1 aliphatic rings. The fourth-order valence-electron chi connectivity index (χ4n) is 2.67. The van der Waals surface area contributed by atoms with Gasteiger partial charge < -0.3 is 9.88 Å². The molecule has 0 bridgehead atoms. The number of hydrogen-bond donors (Lipinski definition) is 1. The smallest absolute Gasteiger partial charge is 0.203 e. The fourth-order valence-corrected chi connectivity index (χ4v) is 2.67. The van der Waals surface area contributed by atoms with Gasteiger partial charge in [0.25, 0.3) is 0 Å². The molecule has 0 saturated carbocycles. The zero-order valence-corrected chi connectivity index (χ0v) is 10.3. The fraction of sp³-hybridized carbons (Fsp3) is 0.357. The van der Waals surface area contributed by atoms with Crippen LogP contribution in [0.3, 0.4) is 0 Å². The second-order valence-electron chi connectivity index (χ2n) is 4.75. The van der Waals surface area contributed by atoms with Crippen LogP contribution in [-0.2, 0) is 0 Å². The van der Waals surface area contributed by atoms with Crippen LogP contribution in [0.15, 0.2) is 30.6 Å². The summed E-state index contributed by atoms with van der Waals surface area (Å²) in [5.74, 6) is 0.987. The molecule has 1 atom stereocenters. The number of imidazole rings is 1. The lowest BCUT2D eigenvalue weighted by Gasteiger charge is -2.27. The summed E-state index contributed by atoms with van der Waals surface area (Å²) >= 11 is 0. The number of nitrogens with one attached hydrogen (secondary N) is 1. The zero-order valence-electron chi connectivity index (χ0n) is 10.3. The van der Waals surface area contributed by atoms with Gasteiger partial charge in [0.2, 0.25) is 5.95 Å². The minimum absolute atomic E-state index is 0.425. The van der Waals surface area contributed by atoms with E-state index < -0.39 is 0 Å². The SMILES string of the molecule is Cc1ccc(C2CCNc3nccn32)c(C)c1. The summed E-state index contributed by atoms with van der Waals surface area (Å²) in [6, 6.07) is 7.13. The van der Waals surface area contributed by atoms with E-state index in [9.17, 15) is 0 Å².